The van der Waals surface area contributed by atoms with Gasteiger partial charge in [-0.1, -0.05) is 20.1 Å². The first-order chi connectivity index (χ1) is 15.1. The van der Waals surface area contributed by atoms with Gasteiger partial charge < -0.3 is 30.4 Å². The van der Waals surface area contributed by atoms with Gasteiger partial charge in [0.2, 0.25) is 0 Å². The Labute approximate surface area is 196 Å². The highest BCUT2D eigenvalue weighted by atomic mass is 16.6. The van der Waals surface area contributed by atoms with Gasteiger partial charge in [0, 0.05) is 17.6 Å². The summed E-state index contributed by atoms with van der Waals surface area (Å²) >= 11 is 0. The molecule has 4 N–H and O–H groups in total. The van der Waals surface area contributed by atoms with Gasteiger partial charge in [-0.25, -0.2) is 19.2 Å². The van der Waals surface area contributed by atoms with Gasteiger partial charge in [0.25, 0.3) is 0 Å². The Bertz CT molecular complexity index is 688. The molecule has 0 aliphatic heterocycles. The Morgan fingerprint density at radius 3 is 1.82 bits per heavy atom. The molecule has 190 valence electrons. The average molecular weight is 473 g/mol. The molecule has 0 aromatic carbocycles. The summed E-state index contributed by atoms with van der Waals surface area (Å²) in [6.07, 6.45) is 1.08. The maximum atomic E-state index is 11.1. The zero-order chi connectivity index (χ0) is 26.2. The Hall–Kier alpha value is -3.04. The molecule has 0 aromatic heterocycles. The third-order valence-corrected chi connectivity index (χ3v) is 4.59. The molecule has 33 heavy (non-hydrogen) atoms. The second-order valence-electron chi connectivity index (χ2n) is 8.29. The standard InChI is InChI=1S/C12H18O4.C11H22N2O4/c1-8(2)11(13)15-7-6-10(5)16-12(14)9(3)4;1-8(11(2,3)17-10(13)15)6-4-5-7-16-9(12)14/h10H,1,3,6-7H2,2,4-5H3;8H,4-7H2,1-3H3,(H2,12,14)(H2,13,15). The summed E-state index contributed by atoms with van der Waals surface area (Å²) in [7, 11) is 0. The second kappa shape index (κ2) is 16.6. The van der Waals surface area contributed by atoms with Gasteiger partial charge in [0.15, 0.2) is 0 Å². The SMILES string of the molecule is C=C(C)C(=O)OCCC(C)OC(=O)C(=C)C.CC(CCCCOC(N)=O)C(C)(C)OC(N)=O. The minimum Gasteiger partial charge on any atom is -0.462 e. The lowest BCUT2D eigenvalue weighted by Gasteiger charge is -2.30. The van der Waals surface area contributed by atoms with Crippen molar-refractivity contribution in [3.8, 4) is 0 Å². The van der Waals surface area contributed by atoms with Crippen molar-refractivity contribution < 1.29 is 38.1 Å². The van der Waals surface area contributed by atoms with Crippen LogP contribution in [0.15, 0.2) is 24.3 Å². The molecule has 0 radical (unpaired) electrons. The van der Waals surface area contributed by atoms with Crippen molar-refractivity contribution in [2.45, 2.75) is 78.9 Å². The molecule has 10 nitrogen and oxygen atoms in total. The molecule has 0 saturated heterocycles. The minimum absolute atomic E-state index is 0.170. The number of nitrogens with two attached hydrogens (primary N) is 2. The van der Waals surface area contributed by atoms with E-state index in [0.717, 1.165) is 19.3 Å². The Balaban J connectivity index is 0. The lowest BCUT2D eigenvalue weighted by Crippen LogP contribution is -2.37. The Kier molecular flexibility index (Phi) is 16.1. The lowest BCUT2D eigenvalue weighted by atomic mass is 9.88. The van der Waals surface area contributed by atoms with Gasteiger partial charge in [0.05, 0.1) is 13.2 Å². The number of carbonyl (C=O) groups is 4. The number of rotatable bonds is 13. The molecule has 2 amide bonds. The van der Waals surface area contributed by atoms with Crippen LogP contribution in [-0.2, 0) is 28.5 Å². The van der Waals surface area contributed by atoms with Crippen LogP contribution in [0.1, 0.15) is 67.2 Å². The van der Waals surface area contributed by atoms with Crippen LogP contribution in [-0.4, -0.2) is 49.0 Å². The van der Waals surface area contributed by atoms with Crippen molar-refractivity contribution in [2.24, 2.45) is 17.4 Å². The number of hydrogen-bond donors (Lipinski definition) is 2. The van der Waals surface area contributed by atoms with Gasteiger partial charge in [0.1, 0.15) is 11.7 Å². The summed E-state index contributed by atoms with van der Waals surface area (Å²) in [5.74, 6) is -0.694. The highest BCUT2D eigenvalue weighted by molar-refractivity contribution is 5.87. The highest BCUT2D eigenvalue weighted by Gasteiger charge is 2.28. The van der Waals surface area contributed by atoms with E-state index in [1.165, 1.54) is 0 Å². The summed E-state index contributed by atoms with van der Waals surface area (Å²) < 4.78 is 19.5. The number of hydrogen-bond acceptors (Lipinski definition) is 8. The van der Waals surface area contributed by atoms with Gasteiger partial charge >= 0.3 is 24.1 Å². The molecule has 0 saturated carbocycles. The van der Waals surface area contributed by atoms with Crippen LogP contribution in [0.25, 0.3) is 0 Å². The molecule has 0 heterocycles. The predicted octanol–water partition coefficient (Wildman–Crippen LogP) is 3.77. The maximum Gasteiger partial charge on any atom is 0.405 e. The molecule has 0 aromatic rings. The fourth-order valence-electron chi connectivity index (χ4n) is 2.22. The molecular weight excluding hydrogens is 432 g/mol. The maximum absolute atomic E-state index is 11.1. The number of amides is 2. The van der Waals surface area contributed by atoms with Crippen LogP contribution in [0, 0.1) is 5.92 Å². The number of esters is 2. The summed E-state index contributed by atoms with van der Waals surface area (Å²) in [4.78, 5) is 43.1. The molecule has 2 unspecified atom stereocenters. The van der Waals surface area contributed by atoms with Crippen LogP contribution in [0.4, 0.5) is 9.59 Å². The first kappa shape index (κ1) is 32.1. The topological polar surface area (TPSA) is 157 Å². The molecule has 0 rings (SSSR count). The summed E-state index contributed by atoms with van der Waals surface area (Å²) in [6.45, 7) is 18.0. The number of carbonyl (C=O) groups excluding carboxylic acids is 4. The first-order valence-electron chi connectivity index (χ1n) is 10.7. The highest BCUT2D eigenvalue weighted by Crippen LogP contribution is 2.25. The lowest BCUT2D eigenvalue weighted by molar-refractivity contribution is -0.145. The van der Waals surface area contributed by atoms with Crippen molar-refractivity contribution >= 4 is 24.1 Å². The quantitative estimate of drug-likeness (QED) is 0.177. The van der Waals surface area contributed by atoms with E-state index in [9.17, 15) is 19.2 Å². The first-order valence-corrected chi connectivity index (χ1v) is 10.7. The zero-order valence-corrected chi connectivity index (χ0v) is 20.7. The fraction of sp³-hybridized carbons (Fsp3) is 0.652. The Morgan fingerprint density at radius 1 is 0.818 bits per heavy atom. The van der Waals surface area contributed by atoms with Crippen molar-refractivity contribution in [3.63, 3.8) is 0 Å². The summed E-state index contributed by atoms with van der Waals surface area (Å²) in [5.41, 5.74) is 9.94. The Morgan fingerprint density at radius 2 is 1.36 bits per heavy atom. The third kappa shape index (κ3) is 18.3. The predicted molar refractivity (Wildman–Crippen MR) is 124 cm³/mol. The smallest absolute Gasteiger partial charge is 0.405 e. The van der Waals surface area contributed by atoms with Gasteiger partial charge in [-0.2, -0.15) is 0 Å². The van der Waals surface area contributed by atoms with Crippen molar-refractivity contribution in [1.29, 1.82) is 0 Å². The van der Waals surface area contributed by atoms with E-state index in [-0.39, 0.29) is 18.6 Å². The normalized spacial score (nSPS) is 12.2. The molecule has 0 aliphatic rings. The number of ether oxygens (including phenoxy) is 4. The molecule has 0 fully saturated rings. The molecule has 0 aliphatic carbocycles. The molecule has 0 spiro atoms. The molecule has 0 bridgehead atoms. The molecule has 2 atom stereocenters. The second-order valence-corrected chi connectivity index (χ2v) is 8.29. The van der Waals surface area contributed by atoms with E-state index in [2.05, 4.69) is 17.9 Å². The van der Waals surface area contributed by atoms with Gasteiger partial charge in [-0.15, -0.1) is 0 Å². The minimum atomic E-state index is -0.765. The summed E-state index contributed by atoms with van der Waals surface area (Å²) in [5, 5.41) is 0. The van der Waals surface area contributed by atoms with E-state index in [1.807, 2.05) is 20.8 Å². The van der Waals surface area contributed by atoms with Gasteiger partial charge in [-0.3, -0.25) is 0 Å². The average Bonchev–Trinajstić information content (AvgIpc) is 2.66. The third-order valence-electron chi connectivity index (χ3n) is 4.59. The monoisotopic (exact) mass is 472 g/mol. The van der Waals surface area contributed by atoms with Crippen molar-refractivity contribution in [1.82, 2.24) is 0 Å². The van der Waals surface area contributed by atoms with Crippen LogP contribution in [0.5, 0.6) is 0 Å². The van der Waals surface area contributed by atoms with Crippen LogP contribution in [0.3, 0.4) is 0 Å². The van der Waals surface area contributed by atoms with E-state index in [4.69, 9.17) is 25.7 Å². The zero-order valence-electron chi connectivity index (χ0n) is 20.7. The van der Waals surface area contributed by atoms with E-state index in [0.29, 0.717) is 24.2 Å². The van der Waals surface area contributed by atoms with E-state index < -0.39 is 29.7 Å². The molecular formula is C23H40N2O8. The van der Waals surface area contributed by atoms with Gasteiger partial charge in [-0.05, 0) is 59.8 Å². The largest absolute Gasteiger partial charge is 0.462 e. The fourth-order valence-corrected chi connectivity index (χ4v) is 2.22. The summed E-state index contributed by atoms with van der Waals surface area (Å²) in [6, 6.07) is 0. The van der Waals surface area contributed by atoms with Crippen LogP contribution in [0.2, 0.25) is 0 Å². The van der Waals surface area contributed by atoms with E-state index in [1.54, 1.807) is 20.8 Å². The van der Waals surface area contributed by atoms with Crippen molar-refractivity contribution in [2.75, 3.05) is 13.2 Å². The van der Waals surface area contributed by atoms with E-state index >= 15 is 0 Å². The number of primary amides is 2. The van der Waals surface area contributed by atoms with Crippen LogP contribution >= 0.6 is 0 Å². The molecule has 10 heteroatoms. The van der Waals surface area contributed by atoms with Crippen LogP contribution < -0.4 is 11.5 Å². The number of unbranched alkanes of at least 4 members (excludes halogenated alkanes) is 1. The van der Waals surface area contributed by atoms with Crippen molar-refractivity contribution in [3.05, 3.63) is 24.3 Å².